The van der Waals surface area contributed by atoms with Gasteiger partial charge in [0, 0.05) is 0 Å². The molecule has 4 nitrogen and oxygen atoms in total. The quantitative estimate of drug-likeness (QED) is 0.813. The minimum atomic E-state index is -4.62. The lowest BCUT2D eigenvalue weighted by atomic mass is 10.2. The number of carbonyl (C=O) groups excluding carboxylic acids is 1. The van der Waals surface area contributed by atoms with E-state index < -0.39 is 32.2 Å². The van der Waals surface area contributed by atoms with Crippen LogP contribution in [0.3, 0.4) is 0 Å². The number of rotatable bonds is 4. The summed E-state index contributed by atoms with van der Waals surface area (Å²) in [5, 5.41) is 0. The second-order valence-electron chi connectivity index (χ2n) is 4.21. The van der Waals surface area contributed by atoms with E-state index in [2.05, 4.69) is 0 Å². The summed E-state index contributed by atoms with van der Waals surface area (Å²) >= 11 is 0. The third-order valence-electron chi connectivity index (χ3n) is 2.65. The molecule has 0 unspecified atom stereocenters. The van der Waals surface area contributed by atoms with Gasteiger partial charge in [0.05, 0.1) is 10.5 Å². The fraction of sp³-hybridized carbons (Fsp3) is 0.154. The molecule has 0 fully saturated rings. The fourth-order valence-electron chi connectivity index (χ4n) is 1.67. The molecule has 0 aliphatic heterocycles. The zero-order chi connectivity index (χ0) is 15.7. The normalized spacial score (nSPS) is 12.3. The average Bonchev–Trinajstić information content (AvgIpc) is 2.85. The van der Waals surface area contributed by atoms with Gasteiger partial charge in [-0.3, -0.25) is 4.79 Å². The Bertz CT molecular complexity index is 760. The molecular weight excluding hydrogens is 309 g/mol. The minimum absolute atomic E-state index is 0.0190. The molecule has 0 spiro atoms. The number of aldehydes is 1. The van der Waals surface area contributed by atoms with E-state index in [-0.39, 0.29) is 11.5 Å². The first-order valence-electron chi connectivity index (χ1n) is 5.66. The summed E-state index contributed by atoms with van der Waals surface area (Å²) in [6, 6.07) is 6.02. The highest BCUT2D eigenvalue weighted by Gasteiger charge is 2.31. The molecule has 0 N–H and O–H groups in total. The first kappa shape index (κ1) is 15.3. The lowest BCUT2D eigenvalue weighted by Gasteiger charge is -2.08. The number of hydrogen-bond donors (Lipinski definition) is 0. The first-order chi connectivity index (χ1) is 9.72. The van der Waals surface area contributed by atoms with Crippen LogP contribution in [0.15, 0.2) is 45.7 Å². The molecule has 0 amide bonds. The monoisotopic (exact) mass is 318 g/mol. The Hall–Kier alpha value is -2.09. The van der Waals surface area contributed by atoms with Gasteiger partial charge in [-0.05, 0) is 30.3 Å². The lowest BCUT2D eigenvalue weighted by Crippen LogP contribution is -2.09. The van der Waals surface area contributed by atoms with Gasteiger partial charge in [-0.1, -0.05) is 6.07 Å². The Morgan fingerprint density at radius 3 is 2.43 bits per heavy atom. The summed E-state index contributed by atoms with van der Waals surface area (Å²) in [6.45, 7) is 0. The molecule has 0 saturated carbocycles. The highest BCUT2D eigenvalue weighted by Crippen LogP contribution is 2.31. The van der Waals surface area contributed by atoms with Crippen molar-refractivity contribution in [3.63, 3.8) is 0 Å². The molecule has 1 aromatic heterocycles. The maximum absolute atomic E-state index is 12.6. The molecule has 2 aromatic rings. The standard InChI is InChI=1S/C13H9F3O4S/c14-13(15,16)9-2-1-3-12(6-9)21(18,19)8-11-5-4-10(7-17)20-11/h1-7H,8H2. The molecule has 21 heavy (non-hydrogen) atoms. The largest absolute Gasteiger partial charge is 0.457 e. The molecule has 0 radical (unpaired) electrons. The van der Waals surface area contributed by atoms with Crippen molar-refractivity contribution in [1.82, 2.24) is 0 Å². The summed E-state index contributed by atoms with van der Waals surface area (Å²) in [6.07, 6.45) is -4.22. The number of sulfone groups is 1. The highest BCUT2D eigenvalue weighted by molar-refractivity contribution is 7.90. The molecule has 0 atom stereocenters. The predicted octanol–water partition coefficient (Wildman–Crippen LogP) is 3.08. The van der Waals surface area contributed by atoms with Crippen molar-refractivity contribution < 1.29 is 30.8 Å². The van der Waals surface area contributed by atoms with Gasteiger partial charge in [-0.15, -0.1) is 0 Å². The summed E-state index contributed by atoms with van der Waals surface area (Å²) in [5.74, 6) is -0.693. The van der Waals surface area contributed by atoms with Crippen LogP contribution in [0, 0.1) is 0 Å². The summed E-state index contributed by atoms with van der Waals surface area (Å²) in [5.41, 5.74) is -1.04. The zero-order valence-electron chi connectivity index (χ0n) is 10.4. The van der Waals surface area contributed by atoms with Crippen molar-refractivity contribution in [2.45, 2.75) is 16.8 Å². The van der Waals surface area contributed by atoms with Crippen molar-refractivity contribution in [3.8, 4) is 0 Å². The number of hydrogen-bond acceptors (Lipinski definition) is 4. The molecule has 0 aliphatic carbocycles. The van der Waals surface area contributed by atoms with Gasteiger partial charge < -0.3 is 4.42 Å². The van der Waals surface area contributed by atoms with Crippen LogP contribution in [-0.4, -0.2) is 14.7 Å². The molecule has 1 heterocycles. The van der Waals surface area contributed by atoms with Gasteiger partial charge in [0.1, 0.15) is 11.5 Å². The lowest BCUT2D eigenvalue weighted by molar-refractivity contribution is -0.137. The van der Waals surface area contributed by atoms with E-state index in [4.69, 9.17) is 4.42 Å². The summed E-state index contributed by atoms with van der Waals surface area (Å²) in [7, 11) is -4.00. The fourth-order valence-corrected chi connectivity index (χ4v) is 2.96. The smallest absolute Gasteiger partial charge is 0.416 e. The average molecular weight is 318 g/mol. The number of carbonyl (C=O) groups is 1. The van der Waals surface area contributed by atoms with Crippen LogP contribution in [0.25, 0.3) is 0 Å². The van der Waals surface area contributed by atoms with E-state index in [1.165, 1.54) is 12.1 Å². The molecule has 0 bridgehead atoms. The summed E-state index contributed by atoms with van der Waals surface area (Å²) in [4.78, 5) is 9.99. The minimum Gasteiger partial charge on any atom is -0.457 e. The van der Waals surface area contributed by atoms with Crippen molar-refractivity contribution in [3.05, 3.63) is 53.5 Å². The Morgan fingerprint density at radius 2 is 1.86 bits per heavy atom. The highest BCUT2D eigenvalue weighted by atomic mass is 32.2. The Kier molecular flexibility index (Phi) is 3.91. The van der Waals surface area contributed by atoms with Gasteiger partial charge in [-0.25, -0.2) is 8.42 Å². The topological polar surface area (TPSA) is 64.3 Å². The molecule has 0 aliphatic rings. The molecule has 112 valence electrons. The van der Waals surface area contributed by atoms with E-state index in [1.54, 1.807) is 0 Å². The van der Waals surface area contributed by atoms with Crippen LogP contribution in [0.5, 0.6) is 0 Å². The Labute approximate surface area is 118 Å². The van der Waals surface area contributed by atoms with Gasteiger partial charge in [0.25, 0.3) is 0 Å². The van der Waals surface area contributed by atoms with Crippen LogP contribution in [0.1, 0.15) is 21.9 Å². The van der Waals surface area contributed by atoms with Crippen LogP contribution >= 0.6 is 0 Å². The van der Waals surface area contributed by atoms with Crippen molar-refractivity contribution >= 4 is 16.1 Å². The number of halogens is 3. The maximum Gasteiger partial charge on any atom is 0.416 e. The van der Waals surface area contributed by atoms with Crippen LogP contribution in [0.4, 0.5) is 13.2 Å². The van der Waals surface area contributed by atoms with Crippen molar-refractivity contribution in [1.29, 1.82) is 0 Å². The molecule has 1 aromatic carbocycles. The maximum atomic E-state index is 12.6. The third kappa shape index (κ3) is 3.52. The van der Waals surface area contributed by atoms with E-state index in [1.807, 2.05) is 0 Å². The molecule has 8 heteroatoms. The SMILES string of the molecule is O=Cc1ccc(CS(=O)(=O)c2cccc(C(F)(F)F)c2)o1. The van der Waals surface area contributed by atoms with Crippen LogP contribution in [0.2, 0.25) is 0 Å². The zero-order valence-corrected chi connectivity index (χ0v) is 11.2. The summed E-state index contributed by atoms with van der Waals surface area (Å²) < 4.78 is 66.8. The van der Waals surface area contributed by atoms with E-state index in [0.717, 1.165) is 18.2 Å². The third-order valence-corrected chi connectivity index (χ3v) is 4.29. The van der Waals surface area contributed by atoms with Gasteiger partial charge in [0.15, 0.2) is 21.9 Å². The van der Waals surface area contributed by atoms with E-state index in [0.29, 0.717) is 12.4 Å². The van der Waals surface area contributed by atoms with Gasteiger partial charge >= 0.3 is 6.18 Å². The van der Waals surface area contributed by atoms with Crippen molar-refractivity contribution in [2.24, 2.45) is 0 Å². The number of furan rings is 1. The number of benzene rings is 1. The molecule has 0 saturated heterocycles. The Balaban J connectivity index is 2.33. The Morgan fingerprint density at radius 1 is 1.14 bits per heavy atom. The van der Waals surface area contributed by atoms with Crippen LogP contribution in [-0.2, 0) is 21.8 Å². The van der Waals surface area contributed by atoms with Crippen LogP contribution < -0.4 is 0 Å². The number of alkyl halides is 3. The van der Waals surface area contributed by atoms with Crippen molar-refractivity contribution in [2.75, 3.05) is 0 Å². The second kappa shape index (κ2) is 5.36. The first-order valence-corrected chi connectivity index (χ1v) is 7.31. The van der Waals surface area contributed by atoms with Gasteiger partial charge in [0.2, 0.25) is 0 Å². The van der Waals surface area contributed by atoms with Gasteiger partial charge in [-0.2, -0.15) is 13.2 Å². The molecule has 2 rings (SSSR count). The predicted molar refractivity (Wildman–Crippen MR) is 66.4 cm³/mol. The second-order valence-corrected chi connectivity index (χ2v) is 6.20. The van der Waals surface area contributed by atoms with E-state index >= 15 is 0 Å². The van der Waals surface area contributed by atoms with E-state index in [9.17, 15) is 26.4 Å². The molecular formula is C13H9F3O4S.